The van der Waals surface area contributed by atoms with Crippen molar-refractivity contribution in [3.05, 3.63) is 29.8 Å². The first-order valence-corrected chi connectivity index (χ1v) is 6.32. The van der Waals surface area contributed by atoms with E-state index in [0.29, 0.717) is 6.54 Å². The molecular formula is C14H20N2O2. The van der Waals surface area contributed by atoms with Crippen molar-refractivity contribution in [1.29, 1.82) is 0 Å². The number of nitrogens with one attached hydrogen (secondary N) is 1. The van der Waals surface area contributed by atoms with Crippen LogP contribution in [-0.4, -0.2) is 37.6 Å². The van der Waals surface area contributed by atoms with Crippen LogP contribution in [0.4, 0.5) is 0 Å². The first-order chi connectivity index (χ1) is 8.72. The molecule has 2 rings (SSSR count). The van der Waals surface area contributed by atoms with E-state index in [4.69, 9.17) is 4.74 Å². The Morgan fingerprint density at radius 3 is 2.94 bits per heavy atom. The average molecular weight is 248 g/mol. The van der Waals surface area contributed by atoms with Crippen LogP contribution in [0.1, 0.15) is 18.4 Å². The Hall–Kier alpha value is -1.55. The van der Waals surface area contributed by atoms with Gasteiger partial charge in [0, 0.05) is 19.2 Å². The highest BCUT2D eigenvalue weighted by atomic mass is 16.5. The Morgan fingerprint density at radius 2 is 2.28 bits per heavy atom. The van der Waals surface area contributed by atoms with Crippen molar-refractivity contribution in [2.45, 2.75) is 25.4 Å². The average Bonchev–Trinajstić information content (AvgIpc) is 2.92. The predicted molar refractivity (Wildman–Crippen MR) is 70.5 cm³/mol. The lowest BCUT2D eigenvalue weighted by atomic mass is 10.1. The van der Waals surface area contributed by atoms with Gasteiger partial charge in [-0.3, -0.25) is 4.79 Å². The second kappa shape index (κ2) is 5.87. The smallest absolute Gasteiger partial charge is 0.239 e. The van der Waals surface area contributed by atoms with Gasteiger partial charge in [-0.1, -0.05) is 18.2 Å². The number of benzene rings is 1. The fraction of sp³-hybridized carbons (Fsp3) is 0.500. The molecule has 1 N–H and O–H groups in total. The molecule has 1 aliphatic rings. The summed E-state index contributed by atoms with van der Waals surface area (Å²) in [5.74, 6) is 0.995. The molecule has 0 spiro atoms. The van der Waals surface area contributed by atoms with Gasteiger partial charge in [0.25, 0.3) is 0 Å². The standard InChI is InChI=1S/C14H20N2O2/c1-16(14(17)12-7-5-9-15-12)10-11-6-3-4-8-13(11)18-2/h3-4,6,8,12,15H,5,7,9-10H2,1-2H3/t12-/m1/s1. The minimum atomic E-state index is -0.00953. The Labute approximate surface area is 108 Å². The van der Waals surface area contributed by atoms with Crippen molar-refractivity contribution in [2.24, 2.45) is 0 Å². The van der Waals surface area contributed by atoms with Gasteiger partial charge in [0.15, 0.2) is 0 Å². The fourth-order valence-corrected chi connectivity index (χ4v) is 2.33. The van der Waals surface area contributed by atoms with Gasteiger partial charge < -0.3 is 15.0 Å². The molecule has 1 amide bonds. The molecule has 1 fully saturated rings. The zero-order valence-electron chi connectivity index (χ0n) is 11.0. The van der Waals surface area contributed by atoms with Crippen LogP contribution in [0.2, 0.25) is 0 Å². The number of hydrogen-bond donors (Lipinski definition) is 1. The Bertz CT molecular complexity index is 414. The van der Waals surface area contributed by atoms with Crippen molar-refractivity contribution in [3.8, 4) is 5.75 Å². The number of para-hydroxylation sites is 1. The molecule has 0 unspecified atom stereocenters. The van der Waals surface area contributed by atoms with E-state index in [0.717, 1.165) is 30.7 Å². The zero-order valence-corrected chi connectivity index (χ0v) is 11.0. The van der Waals surface area contributed by atoms with Crippen molar-refractivity contribution in [1.82, 2.24) is 10.2 Å². The van der Waals surface area contributed by atoms with Crippen LogP contribution in [0.5, 0.6) is 5.75 Å². The number of methoxy groups -OCH3 is 1. The summed E-state index contributed by atoms with van der Waals surface area (Å²) >= 11 is 0. The molecule has 0 bridgehead atoms. The highest BCUT2D eigenvalue weighted by molar-refractivity contribution is 5.82. The molecular weight excluding hydrogens is 228 g/mol. The molecule has 1 saturated heterocycles. The molecule has 4 nitrogen and oxygen atoms in total. The van der Waals surface area contributed by atoms with Gasteiger partial charge in [-0.15, -0.1) is 0 Å². The van der Waals surface area contributed by atoms with Gasteiger partial charge in [-0.25, -0.2) is 0 Å². The number of nitrogens with zero attached hydrogens (tertiary/aromatic N) is 1. The third-order valence-electron chi connectivity index (χ3n) is 3.33. The van der Waals surface area contributed by atoms with Crippen LogP contribution < -0.4 is 10.1 Å². The van der Waals surface area contributed by atoms with Gasteiger partial charge in [-0.05, 0) is 25.5 Å². The molecule has 1 aromatic carbocycles. The number of hydrogen-bond acceptors (Lipinski definition) is 3. The quantitative estimate of drug-likeness (QED) is 0.876. The highest BCUT2D eigenvalue weighted by Gasteiger charge is 2.25. The van der Waals surface area contributed by atoms with E-state index in [1.807, 2.05) is 31.3 Å². The summed E-state index contributed by atoms with van der Waals surface area (Å²) in [6.45, 7) is 1.53. The maximum Gasteiger partial charge on any atom is 0.239 e. The summed E-state index contributed by atoms with van der Waals surface area (Å²) in [5.41, 5.74) is 1.04. The van der Waals surface area contributed by atoms with E-state index in [1.165, 1.54) is 0 Å². The van der Waals surface area contributed by atoms with Crippen molar-refractivity contribution in [2.75, 3.05) is 20.7 Å². The van der Waals surface area contributed by atoms with Gasteiger partial charge in [0.1, 0.15) is 5.75 Å². The third kappa shape index (κ3) is 2.82. The second-order valence-electron chi connectivity index (χ2n) is 4.66. The first kappa shape index (κ1) is 12.9. The molecule has 0 aliphatic carbocycles. The Balaban J connectivity index is 2.01. The van der Waals surface area contributed by atoms with Crippen LogP contribution in [0.15, 0.2) is 24.3 Å². The number of likely N-dealkylation sites (N-methyl/N-ethyl adjacent to an activating group) is 1. The van der Waals surface area contributed by atoms with E-state index in [-0.39, 0.29) is 11.9 Å². The second-order valence-corrected chi connectivity index (χ2v) is 4.66. The largest absolute Gasteiger partial charge is 0.496 e. The van der Waals surface area contributed by atoms with Gasteiger partial charge >= 0.3 is 0 Å². The molecule has 0 radical (unpaired) electrons. The zero-order chi connectivity index (χ0) is 13.0. The number of rotatable bonds is 4. The topological polar surface area (TPSA) is 41.6 Å². The minimum absolute atomic E-state index is 0.00953. The lowest BCUT2D eigenvalue weighted by molar-refractivity contribution is -0.132. The van der Waals surface area contributed by atoms with E-state index >= 15 is 0 Å². The van der Waals surface area contributed by atoms with E-state index < -0.39 is 0 Å². The number of carbonyl (C=O) groups excluding carboxylic acids is 1. The monoisotopic (exact) mass is 248 g/mol. The summed E-state index contributed by atoms with van der Waals surface area (Å²) in [6.07, 6.45) is 2.02. The number of amides is 1. The number of ether oxygens (including phenoxy) is 1. The summed E-state index contributed by atoms with van der Waals surface area (Å²) in [5, 5.41) is 3.23. The van der Waals surface area contributed by atoms with Crippen molar-refractivity contribution in [3.63, 3.8) is 0 Å². The summed E-state index contributed by atoms with van der Waals surface area (Å²) < 4.78 is 5.30. The van der Waals surface area contributed by atoms with Crippen LogP contribution in [0.25, 0.3) is 0 Å². The molecule has 4 heteroatoms. The Kier molecular flexibility index (Phi) is 4.20. The van der Waals surface area contributed by atoms with Crippen LogP contribution in [0.3, 0.4) is 0 Å². The van der Waals surface area contributed by atoms with Crippen LogP contribution in [0, 0.1) is 0 Å². The van der Waals surface area contributed by atoms with Crippen molar-refractivity contribution >= 4 is 5.91 Å². The predicted octanol–water partition coefficient (Wildman–Crippen LogP) is 1.41. The van der Waals surface area contributed by atoms with Crippen LogP contribution in [-0.2, 0) is 11.3 Å². The summed E-state index contributed by atoms with van der Waals surface area (Å²) in [4.78, 5) is 13.9. The van der Waals surface area contributed by atoms with Gasteiger partial charge in [0.05, 0.1) is 13.2 Å². The van der Waals surface area contributed by atoms with Gasteiger partial charge in [-0.2, -0.15) is 0 Å². The van der Waals surface area contributed by atoms with E-state index in [1.54, 1.807) is 12.0 Å². The third-order valence-corrected chi connectivity index (χ3v) is 3.33. The summed E-state index contributed by atoms with van der Waals surface area (Å²) in [6, 6.07) is 7.79. The lowest BCUT2D eigenvalue weighted by Gasteiger charge is -2.22. The number of carbonyl (C=O) groups is 1. The van der Waals surface area contributed by atoms with Crippen LogP contribution >= 0.6 is 0 Å². The molecule has 98 valence electrons. The molecule has 1 heterocycles. The van der Waals surface area contributed by atoms with E-state index in [2.05, 4.69) is 5.32 Å². The molecule has 0 aromatic heterocycles. The lowest BCUT2D eigenvalue weighted by Crippen LogP contribution is -2.41. The fourth-order valence-electron chi connectivity index (χ4n) is 2.33. The molecule has 0 saturated carbocycles. The Morgan fingerprint density at radius 1 is 1.50 bits per heavy atom. The normalized spacial score (nSPS) is 18.7. The van der Waals surface area contributed by atoms with E-state index in [9.17, 15) is 4.79 Å². The SMILES string of the molecule is COc1ccccc1CN(C)C(=O)[C@H]1CCCN1. The molecule has 1 aromatic rings. The van der Waals surface area contributed by atoms with Gasteiger partial charge in [0.2, 0.25) is 5.91 Å². The van der Waals surface area contributed by atoms with Crippen molar-refractivity contribution < 1.29 is 9.53 Å². The minimum Gasteiger partial charge on any atom is -0.496 e. The maximum atomic E-state index is 12.2. The molecule has 1 aliphatic heterocycles. The molecule has 18 heavy (non-hydrogen) atoms. The summed E-state index contributed by atoms with van der Waals surface area (Å²) in [7, 11) is 3.49. The molecule has 1 atom stereocenters. The maximum absolute atomic E-state index is 12.2. The first-order valence-electron chi connectivity index (χ1n) is 6.32. The highest BCUT2D eigenvalue weighted by Crippen LogP contribution is 2.19.